The van der Waals surface area contributed by atoms with E-state index >= 15 is 0 Å². The van der Waals surface area contributed by atoms with Crippen LogP contribution in [0.4, 0.5) is 11.8 Å². The average molecular weight is 363 g/mol. The minimum atomic E-state index is 0.0432. The zero-order chi connectivity index (χ0) is 17.9. The topological polar surface area (TPSA) is 77.8 Å². The standard InChI is InChI=1S/C19H15ClN6/c20-17-16(12-13-7-8-14-5-1-2-6-15(14)11-13)18(26-9-3-4-10-26)23-19(22-17)24-25-21/h1-8,11H,9-10,12H2. The number of halogens is 1. The summed E-state index contributed by atoms with van der Waals surface area (Å²) in [4.78, 5) is 13.4. The molecule has 0 radical (unpaired) electrons. The molecule has 6 nitrogen and oxygen atoms in total. The van der Waals surface area contributed by atoms with Crippen LogP contribution in [0.5, 0.6) is 0 Å². The van der Waals surface area contributed by atoms with Crippen molar-refractivity contribution in [3.8, 4) is 0 Å². The van der Waals surface area contributed by atoms with E-state index in [1.165, 1.54) is 10.8 Å². The van der Waals surface area contributed by atoms with Crippen LogP contribution in [-0.4, -0.2) is 23.1 Å². The van der Waals surface area contributed by atoms with E-state index in [1.807, 2.05) is 12.1 Å². The van der Waals surface area contributed by atoms with Gasteiger partial charge in [0.15, 0.2) is 0 Å². The molecule has 0 saturated heterocycles. The number of azide groups is 1. The van der Waals surface area contributed by atoms with Crippen LogP contribution in [0.3, 0.4) is 0 Å². The zero-order valence-electron chi connectivity index (χ0n) is 13.9. The summed E-state index contributed by atoms with van der Waals surface area (Å²) < 4.78 is 0. The van der Waals surface area contributed by atoms with Crippen LogP contribution >= 0.6 is 11.6 Å². The van der Waals surface area contributed by atoms with Crippen molar-refractivity contribution < 1.29 is 0 Å². The highest BCUT2D eigenvalue weighted by Gasteiger charge is 2.19. The van der Waals surface area contributed by atoms with Gasteiger partial charge in [-0.15, -0.1) is 0 Å². The summed E-state index contributed by atoms with van der Waals surface area (Å²) in [7, 11) is 0. The van der Waals surface area contributed by atoms with Crippen molar-refractivity contribution in [2.75, 3.05) is 18.0 Å². The maximum absolute atomic E-state index is 8.68. The van der Waals surface area contributed by atoms with Gasteiger partial charge < -0.3 is 4.90 Å². The average Bonchev–Trinajstić information content (AvgIpc) is 3.18. The highest BCUT2D eigenvalue weighted by molar-refractivity contribution is 6.30. The molecular formula is C19H15ClN6. The van der Waals surface area contributed by atoms with Gasteiger partial charge in [0.1, 0.15) is 11.0 Å². The molecule has 0 aliphatic carbocycles. The van der Waals surface area contributed by atoms with Crippen LogP contribution in [0.2, 0.25) is 5.15 Å². The highest BCUT2D eigenvalue weighted by atomic mass is 35.5. The number of anilines is 1. The SMILES string of the molecule is [N-]=[N+]=Nc1nc(Cl)c(Cc2ccc3ccccc3c2)c(N2CC=CC2)n1. The number of benzene rings is 2. The third-order valence-electron chi connectivity index (χ3n) is 4.37. The Bertz CT molecular complexity index is 1050. The number of rotatable bonds is 4. The van der Waals surface area contributed by atoms with Gasteiger partial charge in [0.25, 0.3) is 0 Å². The molecule has 7 heteroatoms. The van der Waals surface area contributed by atoms with Crippen LogP contribution in [0.15, 0.2) is 59.7 Å². The first-order valence-electron chi connectivity index (χ1n) is 8.24. The summed E-state index contributed by atoms with van der Waals surface area (Å²) in [5.74, 6) is 0.757. The van der Waals surface area contributed by atoms with E-state index in [-0.39, 0.29) is 5.95 Å². The Morgan fingerprint density at radius 3 is 2.62 bits per heavy atom. The van der Waals surface area contributed by atoms with E-state index in [4.69, 9.17) is 17.1 Å². The lowest BCUT2D eigenvalue weighted by Gasteiger charge is -2.21. The Morgan fingerprint density at radius 1 is 1.08 bits per heavy atom. The summed E-state index contributed by atoms with van der Waals surface area (Å²) in [6.07, 6.45) is 4.75. The van der Waals surface area contributed by atoms with E-state index in [2.05, 4.69) is 67.4 Å². The maximum Gasteiger partial charge on any atom is 0.219 e. The lowest BCUT2D eigenvalue weighted by Crippen LogP contribution is -2.22. The molecule has 1 aliphatic heterocycles. The molecule has 0 spiro atoms. The zero-order valence-corrected chi connectivity index (χ0v) is 14.6. The smallest absolute Gasteiger partial charge is 0.219 e. The lowest BCUT2D eigenvalue weighted by molar-refractivity contribution is 0.926. The van der Waals surface area contributed by atoms with E-state index in [0.717, 1.165) is 24.2 Å². The first-order chi connectivity index (χ1) is 12.7. The summed E-state index contributed by atoms with van der Waals surface area (Å²) in [5, 5.41) is 6.21. The van der Waals surface area contributed by atoms with Crippen LogP contribution in [0.25, 0.3) is 21.2 Å². The number of aromatic nitrogens is 2. The molecule has 0 unspecified atom stereocenters. The monoisotopic (exact) mass is 362 g/mol. The van der Waals surface area contributed by atoms with Gasteiger partial charge in [-0.05, 0) is 27.0 Å². The van der Waals surface area contributed by atoms with Crippen LogP contribution < -0.4 is 4.90 Å². The van der Waals surface area contributed by atoms with Crippen molar-refractivity contribution >= 4 is 34.1 Å². The molecule has 4 rings (SSSR count). The third kappa shape index (κ3) is 3.20. The van der Waals surface area contributed by atoms with Gasteiger partial charge in [-0.1, -0.05) is 66.2 Å². The first-order valence-corrected chi connectivity index (χ1v) is 8.61. The maximum atomic E-state index is 8.68. The summed E-state index contributed by atoms with van der Waals surface area (Å²) in [6.45, 7) is 1.49. The second kappa shape index (κ2) is 7.04. The van der Waals surface area contributed by atoms with Crippen molar-refractivity contribution in [3.05, 3.63) is 81.3 Å². The quantitative estimate of drug-likeness (QED) is 0.210. The Balaban J connectivity index is 1.77. The largest absolute Gasteiger partial charge is 0.349 e. The molecule has 128 valence electrons. The van der Waals surface area contributed by atoms with Crippen LogP contribution in [0, 0.1) is 0 Å². The van der Waals surface area contributed by atoms with Crippen LogP contribution in [0.1, 0.15) is 11.1 Å². The minimum Gasteiger partial charge on any atom is -0.349 e. The van der Waals surface area contributed by atoms with Crippen LogP contribution in [-0.2, 0) is 6.42 Å². The fraction of sp³-hybridized carbons (Fsp3) is 0.158. The van der Waals surface area contributed by atoms with Gasteiger partial charge in [0.2, 0.25) is 5.95 Å². The molecule has 2 heterocycles. The van der Waals surface area contributed by atoms with Crippen molar-refractivity contribution in [1.29, 1.82) is 0 Å². The molecule has 0 fully saturated rings. The Morgan fingerprint density at radius 2 is 1.85 bits per heavy atom. The Labute approximate surface area is 155 Å². The number of hydrogen-bond acceptors (Lipinski definition) is 4. The molecule has 0 amide bonds. The number of fused-ring (bicyclic) bond motifs is 1. The predicted molar refractivity (Wildman–Crippen MR) is 104 cm³/mol. The molecule has 1 aliphatic rings. The minimum absolute atomic E-state index is 0.0432. The van der Waals surface area contributed by atoms with E-state index in [9.17, 15) is 0 Å². The molecular weight excluding hydrogens is 348 g/mol. The van der Waals surface area contributed by atoms with E-state index in [0.29, 0.717) is 17.4 Å². The normalized spacial score (nSPS) is 13.2. The van der Waals surface area contributed by atoms with Crippen molar-refractivity contribution in [3.63, 3.8) is 0 Å². The Hall–Kier alpha value is -3.08. The van der Waals surface area contributed by atoms with Crippen molar-refractivity contribution in [1.82, 2.24) is 9.97 Å². The summed E-state index contributed by atoms with van der Waals surface area (Å²) in [6, 6.07) is 14.6. The van der Waals surface area contributed by atoms with Crippen molar-refractivity contribution in [2.45, 2.75) is 6.42 Å². The van der Waals surface area contributed by atoms with Gasteiger partial charge in [-0.25, -0.2) is 9.97 Å². The predicted octanol–water partition coefficient (Wildman–Crippen LogP) is 5.19. The lowest BCUT2D eigenvalue weighted by atomic mass is 10.0. The first kappa shape index (κ1) is 16.4. The van der Waals surface area contributed by atoms with Gasteiger partial charge in [-0.2, -0.15) is 0 Å². The fourth-order valence-corrected chi connectivity index (χ4v) is 3.36. The second-order valence-electron chi connectivity index (χ2n) is 6.04. The van der Waals surface area contributed by atoms with Crippen molar-refractivity contribution in [2.24, 2.45) is 5.11 Å². The number of nitrogens with zero attached hydrogens (tertiary/aromatic N) is 6. The molecule has 3 aromatic rings. The molecule has 1 aromatic heterocycles. The van der Waals surface area contributed by atoms with Gasteiger partial charge in [-0.3, -0.25) is 0 Å². The van der Waals surface area contributed by atoms with E-state index < -0.39 is 0 Å². The Kier molecular flexibility index (Phi) is 4.44. The molecule has 0 saturated carbocycles. The second-order valence-corrected chi connectivity index (χ2v) is 6.40. The number of hydrogen-bond donors (Lipinski definition) is 0. The van der Waals surface area contributed by atoms with E-state index in [1.54, 1.807) is 0 Å². The fourth-order valence-electron chi connectivity index (χ4n) is 3.14. The molecule has 2 aromatic carbocycles. The molecule has 0 N–H and O–H groups in total. The highest BCUT2D eigenvalue weighted by Crippen LogP contribution is 2.31. The third-order valence-corrected chi connectivity index (χ3v) is 4.68. The summed E-state index contributed by atoms with van der Waals surface area (Å²) in [5.41, 5.74) is 10.6. The molecule has 0 atom stereocenters. The summed E-state index contributed by atoms with van der Waals surface area (Å²) >= 11 is 6.44. The van der Waals surface area contributed by atoms with Gasteiger partial charge in [0, 0.05) is 30.0 Å². The molecule has 26 heavy (non-hydrogen) atoms. The molecule has 0 bridgehead atoms. The van der Waals surface area contributed by atoms with Gasteiger partial charge in [0.05, 0.1) is 0 Å². The van der Waals surface area contributed by atoms with Gasteiger partial charge >= 0.3 is 0 Å².